The van der Waals surface area contributed by atoms with Crippen molar-refractivity contribution in [2.45, 2.75) is 31.9 Å². The highest BCUT2D eigenvalue weighted by Crippen LogP contribution is 2.30. The number of aryl methyl sites for hydroxylation is 1. The van der Waals surface area contributed by atoms with E-state index >= 15 is 0 Å². The molecule has 1 aromatic rings. The topological polar surface area (TPSA) is 59.6 Å². The van der Waals surface area contributed by atoms with E-state index in [4.69, 9.17) is 9.47 Å². The Bertz CT molecular complexity index is 594. The van der Waals surface area contributed by atoms with Gasteiger partial charge in [-0.05, 0) is 56.0 Å². The lowest BCUT2D eigenvalue weighted by Gasteiger charge is -2.22. The van der Waals surface area contributed by atoms with Gasteiger partial charge in [0.15, 0.2) is 18.1 Å². The van der Waals surface area contributed by atoms with Crippen LogP contribution < -0.4 is 20.1 Å². The fourth-order valence-corrected chi connectivity index (χ4v) is 2.85. The number of methoxy groups -OCH3 is 1. The second kappa shape index (κ2) is 11.2. The molecule has 2 rings (SSSR count). The number of nitrogens with one attached hydrogen (secondary N) is 2. The molecule has 1 aliphatic heterocycles. The number of rotatable bonds is 8. The number of ether oxygens (including phenoxy) is 2. The summed E-state index contributed by atoms with van der Waals surface area (Å²) in [6.45, 7) is 1.26. The first kappa shape index (κ1) is 23.4. The molecule has 1 amide bonds. The molecule has 0 radical (unpaired) electrons. The number of alkyl halides is 3. The molecule has 5 nitrogen and oxygen atoms in total. The van der Waals surface area contributed by atoms with Crippen molar-refractivity contribution in [2.24, 2.45) is 5.92 Å². The zero-order valence-corrected chi connectivity index (χ0v) is 16.0. The van der Waals surface area contributed by atoms with Gasteiger partial charge in [0.25, 0.3) is 0 Å². The van der Waals surface area contributed by atoms with E-state index in [0.717, 1.165) is 31.5 Å². The summed E-state index contributed by atoms with van der Waals surface area (Å²) in [6, 6.07) is 4.68. The highest BCUT2D eigenvalue weighted by Gasteiger charge is 2.29. The zero-order valence-electron chi connectivity index (χ0n) is 15.2. The van der Waals surface area contributed by atoms with Crippen LogP contribution in [0, 0.1) is 5.92 Å². The molecule has 1 heterocycles. The first-order valence-corrected chi connectivity index (χ1v) is 8.71. The van der Waals surface area contributed by atoms with Crippen molar-refractivity contribution in [2.75, 3.05) is 33.4 Å². The molecule has 154 valence electrons. The number of hydrogen-bond acceptors (Lipinski definition) is 4. The number of carbonyl (C=O) groups excluding carboxylic acids is 1. The van der Waals surface area contributed by atoms with Crippen LogP contribution in [-0.4, -0.2) is 45.4 Å². The van der Waals surface area contributed by atoms with E-state index in [1.165, 1.54) is 13.2 Å². The molecule has 1 fully saturated rings. The Morgan fingerprint density at radius 2 is 2.11 bits per heavy atom. The average molecular weight is 411 g/mol. The van der Waals surface area contributed by atoms with Gasteiger partial charge in [0.05, 0.1) is 7.11 Å². The molecule has 1 saturated heterocycles. The van der Waals surface area contributed by atoms with Crippen LogP contribution in [0.5, 0.6) is 11.5 Å². The molecular formula is C18H26ClF3N2O3. The first-order valence-electron chi connectivity index (χ1n) is 8.71. The predicted molar refractivity (Wildman–Crippen MR) is 98.7 cm³/mol. The normalized spacial score (nSPS) is 17.0. The molecule has 0 aromatic heterocycles. The minimum atomic E-state index is -4.41. The molecule has 27 heavy (non-hydrogen) atoms. The predicted octanol–water partition coefficient (Wildman–Crippen LogP) is 3.11. The van der Waals surface area contributed by atoms with Gasteiger partial charge in [0, 0.05) is 13.0 Å². The Morgan fingerprint density at radius 1 is 1.33 bits per heavy atom. The van der Waals surface area contributed by atoms with Gasteiger partial charge in [-0.1, -0.05) is 6.07 Å². The Kier molecular flexibility index (Phi) is 9.73. The maximum Gasteiger partial charge on any atom is 0.422 e. The molecule has 0 saturated carbocycles. The molecule has 0 spiro atoms. The van der Waals surface area contributed by atoms with Crippen LogP contribution in [0.25, 0.3) is 0 Å². The van der Waals surface area contributed by atoms with Crippen molar-refractivity contribution in [3.05, 3.63) is 23.8 Å². The lowest BCUT2D eigenvalue weighted by atomic mass is 9.99. The third kappa shape index (κ3) is 8.71. The fraction of sp³-hybridized carbons (Fsp3) is 0.611. The van der Waals surface area contributed by atoms with Crippen LogP contribution in [0.15, 0.2) is 18.2 Å². The molecule has 1 aliphatic rings. The summed E-state index contributed by atoms with van der Waals surface area (Å²) in [5.74, 6) is 0.688. The van der Waals surface area contributed by atoms with Gasteiger partial charge in [-0.2, -0.15) is 13.2 Å². The Hall–Kier alpha value is -1.67. The first-order chi connectivity index (χ1) is 12.4. The van der Waals surface area contributed by atoms with E-state index in [9.17, 15) is 18.0 Å². The maximum absolute atomic E-state index is 12.3. The Labute approximate surface area is 163 Å². The van der Waals surface area contributed by atoms with E-state index in [0.29, 0.717) is 25.3 Å². The monoisotopic (exact) mass is 410 g/mol. The van der Waals surface area contributed by atoms with Gasteiger partial charge in [-0.25, -0.2) is 0 Å². The van der Waals surface area contributed by atoms with Crippen LogP contribution in [0.4, 0.5) is 13.2 Å². The van der Waals surface area contributed by atoms with Gasteiger partial charge in [-0.15, -0.1) is 12.4 Å². The van der Waals surface area contributed by atoms with Gasteiger partial charge >= 0.3 is 6.18 Å². The molecule has 2 N–H and O–H groups in total. The van der Waals surface area contributed by atoms with Crippen molar-refractivity contribution in [1.29, 1.82) is 0 Å². The van der Waals surface area contributed by atoms with Gasteiger partial charge in [-0.3, -0.25) is 4.79 Å². The fourth-order valence-electron chi connectivity index (χ4n) is 2.85. The van der Waals surface area contributed by atoms with Gasteiger partial charge in [0.1, 0.15) is 0 Å². The summed E-state index contributed by atoms with van der Waals surface area (Å²) < 4.78 is 46.6. The summed E-state index contributed by atoms with van der Waals surface area (Å²) in [6.07, 6.45) is -1.38. The summed E-state index contributed by atoms with van der Waals surface area (Å²) >= 11 is 0. The van der Waals surface area contributed by atoms with E-state index in [1.54, 1.807) is 12.1 Å². The van der Waals surface area contributed by atoms with E-state index in [1.807, 2.05) is 0 Å². The molecule has 9 heteroatoms. The lowest BCUT2D eigenvalue weighted by Crippen LogP contribution is -2.38. The summed E-state index contributed by atoms with van der Waals surface area (Å²) in [5, 5.41) is 6.25. The Balaban J connectivity index is 0.00000364. The second-order valence-electron chi connectivity index (χ2n) is 6.41. The van der Waals surface area contributed by atoms with Crippen molar-refractivity contribution in [3.8, 4) is 11.5 Å². The van der Waals surface area contributed by atoms with Gasteiger partial charge < -0.3 is 20.1 Å². The number of hydrogen-bond donors (Lipinski definition) is 2. The maximum atomic E-state index is 12.3. The van der Waals surface area contributed by atoms with E-state index in [2.05, 4.69) is 10.6 Å². The number of piperidine rings is 1. The van der Waals surface area contributed by atoms with E-state index < -0.39 is 12.8 Å². The van der Waals surface area contributed by atoms with Crippen molar-refractivity contribution in [3.63, 3.8) is 0 Å². The molecule has 1 atom stereocenters. The molecule has 0 aliphatic carbocycles. The molecule has 1 unspecified atom stereocenters. The number of carbonyl (C=O) groups is 1. The minimum absolute atomic E-state index is 0. The number of halogens is 4. The van der Waals surface area contributed by atoms with Gasteiger partial charge in [0.2, 0.25) is 5.91 Å². The number of benzene rings is 1. The third-order valence-electron chi connectivity index (χ3n) is 4.25. The smallest absolute Gasteiger partial charge is 0.422 e. The van der Waals surface area contributed by atoms with E-state index in [-0.39, 0.29) is 29.8 Å². The van der Waals surface area contributed by atoms with Crippen LogP contribution in [0.1, 0.15) is 24.8 Å². The molecule has 0 bridgehead atoms. The number of amides is 1. The summed E-state index contributed by atoms with van der Waals surface area (Å²) in [7, 11) is 1.37. The highest BCUT2D eigenvalue weighted by atomic mass is 35.5. The zero-order chi connectivity index (χ0) is 19.0. The molecule has 1 aromatic carbocycles. The standard InChI is InChI=1S/C18H25F3N2O3.ClH/c1-25-16-9-13(4-6-15(16)26-12-18(19,20)21)5-7-17(24)23-11-14-3-2-8-22-10-14;/h4,6,9,14,22H,2-3,5,7-8,10-12H2,1H3,(H,23,24);1H. The highest BCUT2D eigenvalue weighted by molar-refractivity contribution is 5.85. The summed E-state index contributed by atoms with van der Waals surface area (Å²) in [4.78, 5) is 12.0. The minimum Gasteiger partial charge on any atom is -0.493 e. The van der Waals surface area contributed by atoms with Crippen LogP contribution >= 0.6 is 12.4 Å². The van der Waals surface area contributed by atoms with Crippen molar-refractivity contribution < 1.29 is 27.4 Å². The molecular weight excluding hydrogens is 385 g/mol. The van der Waals surface area contributed by atoms with Crippen LogP contribution in [0.3, 0.4) is 0 Å². The average Bonchev–Trinajstić information content (AvgIpc) is 2.63. The largest absolute Gasteiger partial charge is 0.493 e. The SMILES string of the molecule is COc1cc(CCC(=O)NCC2CCCNC2)ccc1OCC(F)(F)F.Cl. The quantitative estimate of drug-likeness (QED) is 0.691. The van der Waals surface area contributed by atoms with Crippen molar-refractivity contribution in [1.82, 2.24) is 10.6 Å². The van der Waals surface area contributed by atoms with Crippen LogP contribution in [0.2, 0.25) is 0 Å². The summed E-state index contributed by atoms with van der Waals surface area (Å²) in [5.41, 5.74) is 0.802. The third-order valence-corrected chi connectivity index (χ3v) is 4.25. The van der Waals surface area contributed by atoms with Crippen LogP contribution in [-0.2, 0) is 11.2 Å². The Morgan fingerprint density at radius 3 is 2.74 bits per heavy atom. The second-order valence-corrected chi connectivity index (χ2v) is 6.41. The lowest BCUT2D eigenvalue weighted by molar-refractivity contribution is -0.153. The van der Waals surface area contributed by atoms with Crippen molar-refractivity contribution >= 4 is 18.3 Å².